The number of benzene rings is 1. The minimum atomic E-state index is 0.0715. The first-order valence-electron chi connectivity index (χ1n) is 5.58. The van der Waals surface area contributed by atoms with E-state index in [1.807, 2.05) is 48.7 Å². The van der Waals surface area contributed by atoms with Gasteiger partial charge < -0.3 is 5.32 Å². The fraction of sp³-hybridized carbons (Fsp3) is 0.214. The number of hydrogen-bond donors (Lipinski definition) is 1. The molecule has 0 aliphatic carbocycles. The average Bonchev–Trinajstić information content (AvgIpc) is 2.83. The molecule has 88 valence electrons. The molecule has 0 fully saturated rings. The summed E-state index contributed by atoms with van der Waals surface area (Å²) in [6.07, 6.45) is 0.450. The third-order valence-corrected chi connectivity index (χ3v) is 3.40. The van der Waals surface area contributed by atoms with Gasteiger partial charge in [-0.1, -0.05) is 35.9 Å². The Morgan fingerprint density at radius 3 is 2.65 bits per heavy atom. The number of hydrogen-bond acceptors (Lipinski definition) is 2. The van der Waals surface area contributed by atoms with E-state index < -0.39 is 0 Å². The summed E-state index contributed by atoms with van der Waals surface area (Å²) in [4.78, 5) is 12.9. The zero-order valence-electron chi connectivity index (χ0n) is 9.77. The SMILES string of the molecule is Cc1ccc(CC(=O)NCc2cccs2)cc1. The zero-order valence-corrected chi connectivity index (χ0v) is 10.6. The molecule has 0 bridgehead atoms. The molecular weight excluding hydrogens is 230 g/mol. The van der Waals surface area contributed by atoms with Crippen molar-refractivity contribution in [1.29, 1.82) is 0 Å². The highest BCUT2D eigenvalue weighted by atomic mass is 32.1. The Kier molecular flexibility index (Phi) is 3.94. The summed E-state index contributed by atoms with van der Waals surface area (Å²) in [5, 5.41) is 4.93. The van der Waals surface area contributed by atoms with Gasteiger partial charge in [0.15, 0.2) is 0 Å². The zero-order chi connectivity index (χ0) is 12.1. The van der Waals surface area contributed by atoms with E-state index >= 15 is 0 Å². The van der Waals surface area contributed by atoms with Crippen molar-refractivity contribution in [2.75, 3.05) is 0 Å². The van der Waals surface area contributed by atoms with Crippen molar-refractivity contribution in [3.8, 4) is 0 Å². The average molecular weight is 245 g/mol. The van der Waals surface area contributed by atoms with Crippen molar-refractivity contribution in [3.05, 3.63) is 57.8 Å². The predicted molar refractivity (Wildman–Crippen MR) is 71.0 cm³/mol. The van der Waals surface area contributed by atoms with Crippen LogP contribution in [0.3, 0.4) is 0 Å². The smallest absolute Gasteiger partial charge is 0.224 e. The van der Waals surface area contributed by atoms with Gasteiger partial charge in [-0.25, -0.2) is 0 Å². The molecule has 1 N–H and O–H groups in total. The molecule has 1 aromatic carbocycles. The van der Waals surface area contributed by atoms with Gasteiger partial charge in [-0.05, 0) is 23.9 Å². The van der Waals surface area contributed by atoms with Crippen LogP contribution in [0.5, 0.6) is 0 Å². The van der Waals surface area contributed by atoms with Crippen LogP contribution in [0.25, 0.3) is 0 Å². The lowest BCUT2D eigenvalue weighted by molar-refractivity contribution is -0.120. The summed E-state index contributed by atoms with van der Waals surface area (Å²) in [5.74, 6) is 0.0715. The molecule has 17 heavy (non-hydrogen) atoms. The molecule has 0 aliphatic rings. The Bertz CT molecular complexity index is 473. The predicted octanol–water partition coefficient (Wildman–Crippen LogP) is 2.92. The summed E-state index contributed by atoms with van der Waals surface area (Å²) in [6.45, 7) is 2.67. The molecule has 0 radical (unpaired) electrons. The van der Waals surface area contributed by atoms with Gasteiger partial charge in [-0.15, -0.1) is 11.3 Å². The number of thiophene rings is 1. The Hall–Kier alpha value is -1.61. The fourth-order valence-corrected chi connectivity index (χ4v) is 2.20. The lowest BCUT2D eigenvalue weighted by Crippen LogP contribution is -2.24. The molecule has 1 amide bonds. The second kappa shape index (κ2) is 5.64. The van der Waals surface area contributed by atoms with Crippen LogP contribution in [0.2, 0.25) is 0 Å². The minimum absolute atomic E-state index is 0.0715. The number of carbonyl (C=O) groups is 1. The normalized spacial score (nSPS) is 10.2. The molecule has 0 saturated carbocycles. The van der Waals surface area contributed by atoms with Crippen molar-refractivity contribution in [2.45, 2.75) is 19.9 Å². The molecule has 0 saturated heterocycles. The number of aryl methyl sites for hydroxylation is 1. The van der Waals surface area contributed by atoms with Gasteiger partial charge in [-0.3, -0.25) is 4.79 Å². The van der Waals surface area contributed by atoms with Crippen LogP contribution in [0.15, 0.2) is 41.8 Å². The first-order valence-corrected chi connectivity index (χ1v) is 6.46. The molecule has 0 atom stereocenters. The van der Waals surface area contributed by atoms with Crippen LogP contribution in [-0.4, -0.2) is 5.91 Å². The fourth-order valence-electron chi connectivity index (χ4n) is 1.55. The number of carbonyl (C=O) groups excluding carboxylic acids is 1. The summed E-state index contributed by atoms with van der Waals surface area (Å²) in [7, 11) is 0. The lowest BCUT2D eigenvalue weighted by atomic mass is 10.1. The van der Waals surface area contributed by atoms with Crippen molar-refractivity contribution in [1.82, 2.24) is 5.32 Å². The number of amides is 1. The third-order valence-electron chi connectivity index (χ3n) is 2.53. The van der Waals surface area contributed by atoms with Gasteiger partial charge in [0, 0.05) is 4.88 Å². The van der Waals surface area contributed by atoms with E-state index in [0.717, 1.165) is 5.56 Å². The largest absolute Gasteiger partial charge is 0.351 e. The highest BCUT2D eigenvalue weighted by molar-refractivity contribution is 7.09. The first kappa shape index (κ1) is 11.9. The van der Waals surface area contributed by atoms with Crippen LogP contribution in [0, 0.1) is 6.92 Å². The van der Waals surface area contributed by atoms with Crippen LogP contribution in [0.4, 0.5) is 0 Å². The Morgan fingerprint density at radius 2 is 2.00 bits per heavy atom. The summed E-state index contributed by atoms with van der Waals surface area (Å²) in [5.41, 5.74) is 2.27. The van der Waals surface area contributed by atoms with Gasteiger partial charge in [0.05, 0.1) is 13.0 Å². The van der Waals surface area contributed by atoms with E-state index in [4.69, 9.17) is 0 Å². The standard InChI is InChI=1S/C14H15NOS/c1-11-4-6-12(7-5-11)9-14(16)15-10-13-3-2-8-17-13/h2-8H,9-10H2,1H3,(H,15,16). The van der Waals surface area contributed by atoms with Crippen molar-refractivity contribution in [3.63, 3.8) is 0 Å². The van der Waals surface area contributed by atoms with Crippen molar-refractivity contribution >= 4 is 17.2 Å². The maximum atomic E-state index is 11.7. The van der Waals surface area contributed by atoms with Crippen LogP contribution in [0.1, 0.15) is 16.0 Å². The van der Waals surface area contributed by atoms with E-state index in [2.05, 4.69) is 5.32 Å². The number of nitrogens with one attached hydrogen (secondary N) is 1. The van der Waals surface area contributed by atoms with E-state index in [9.17, 15) is 4.79 Å². The van der Waals surface area contributed by atoms with Gasteiger partial charge in [0.25, 0.3) is 0 Å². The van der Waals surface area contributed by atoms with Crippen LogP contribution >= 0.6 is 11.3 Å². The third kappa shape index (κ3) is 3.71. The molecule has 3 heteroatoms. The molecule has 2 aromatic rings. The Morgan fingerprint density at radius 1 is 1.24 bits per heavy atom. The Balaban J connectivity index is 1.83. The minimum Gasteiger partial charge on any atom is -0.351 e. The van der Waals surface area contributed by atoms with E-state index in [0.29, 0.717) is 13.0 Å². The Labute approximate surface area is 105 Å². The quantitative estimate of drug-likeness (QED) is 0.881. The molecule has 0 spiro atoms. The second-order valence-corrected chi connectivity index (χ2v) is 5.05. The highest BCUT2D eigenvalue weighted by Gasteiger charge is 2.03. The maximum Gasteiger partial charge on any atom is 0.224 e. The molecule has 0 aliphatic heterocycles. The summed E-state index contributed by atoms with van der Waals surface area (Å²) >= 11 is 1.66. The maximum absolute atomic E-state index is 11.7. The summed E-state index contributed by atoms with van der Waals surface area (Å²) < 4.78 is 0. The number of rotatable bonds is 4. The van der Waals surface area contributed by atoms with Crippen LogP contribution in [-0.2, 0) is 17.8 Å². The van der Waals surface area contributed by atoms with Gasteiger partial charge in [-0.2, -0.15) is 0 Å². The van der Waals surface area contributed by atoms with Gasteiger partial charge >= 0.3 is 0 Å². The molecular formula is C14H15NOS. The van der Waals surface area contributed by atoms with Gasteiger partial charge in [0.1, 0.15) is 0 Å². The molecule has 2 rings (SSSR count). The molecule has 1 heterocycles. The van der Waals surface area contributed by atoms with E-state index in [-0.39, 0.29) is 5.91 Å². The van der Waals surface area contributed by atoms with Crippen LogP contribution < -0.4 is 5.32 Å². The van der Waals surface area contributed by atoms with Crippen molar-refractivity contribution < 1.29 is 4.79 Å². The topological polar surface area (TPSA) is 29.1 Å². The van der Waals surface area contributed by atoms with E-state index in [1.165, 1.54) is 10.4 Å². The van der Waals surface area contributed by atoms with Crippen molar-refractivity contribution in [2.24, 2.45) is 0 Å². The first-order chi connectivity index (χ1) is 8.24. The molecule has 0 unspecified atom stereocenters. The molecule has 1 aromatic heterocycles. The monoisotopic (exact) mass is 245 g/mol. The van der Waals surface area contributed by atoms with Gasteiger partial charge in [0.2, 0.25) is 5.91 Å². The lowest BCUT2D eigenvalue weighted by Gasteiger charge is -2.04. The van der Waals surface area contributed by atoms with E-state index in [1.54, 1.807) is 11.3 Å². The highest BCUT2D eigenvalue weighted by Crippen LogP contribution is 2.08. The summed E-state index contributed by atoms with van der Waals surface area (Å²) in [6, 6.07) is 12.1. The molecule has 2 nitrogen and oxygen atoms in total. The second-order valence-electron chi connectivity index (χ2n) is 4.02.